The molecular formula is C29H49Na2O5P. The Bertz CT molecular complexity index is 842. The summed E-state index contributed by atoms with van der Waals surface area (Å²) in [5.41, 5.74) is 2.99. The minimum absolute atomic E-state index is 0. The maximum absolute atomic E-state index is 11.2. The molecule has 1 unspecified atom stereocenters. The van der Waals surface area contributed by atoms with Crippen molar-refractivity contribution in [1.82, 2.24) is 0 Å². The molecule has 0 amide bonds. The second-order valence-corrected chi connectivity index (χ2v) is 12.0. The summed E-state index contributed by atoms with van der Waals surface area (Å²) in [5, 5.41) is 0. The van der Waals surface area contributed by atoms with E-state index in [1.54, 1.807) is 6.92 Å². The van der Waals surface area contributed by atoms with E-state index in [9.17, 15) is 14.4 Å². The van der Waals surface area contributed by atoms with Crippen LogP contribution in [0.4, 0.5) is 0 Å². The average Bonchev–Trinajstić information content (AvgIpc) is 2.80. The third kappa shape index (κ3) is 13.5. The summed E-state index contributed by atoms with van der Waals surface area (Å²) in [6.45, 7) is 9.98. The molecule has 0 N–H and O–H groups in total. The summed E-state index contributed by atoms with van der Waals surface area (Å²) in [5.74, 6) is 1.02. The Labute approximate surface area is 271 Å². The fraction of sp³-hybridized carbons (Fsp3) is 0.793. The Morgan fingerprint density at radius 3 is 1.70 bits per heavy atom. The van der Waals surface area contributed by atoms with Crippen LogP contribution in [0.1, 0.15) is 139 Å². The van der Waals surface area contributed by atoms with Crippen molar-refractivity contribution in [2.75, 3.05) is 0 Å². The first-order valence-corrected chi connectivity index (χ1v) is 15.6. The third-order valence-corrected chi connectivity index (χ3v) is 8.23. The molecule has 0 aliphatic carbocycles. The fourth-order valence-electron chi connectivity index (χ4n) is 5.40. The Morgan fingerprint density at radius 2 is 1.24 bits per heavy atom. The van der Waals surface area contributed by atoms with Gasteiger partial charge >= 0.3 is 59.1 Å². The molecule has 37 heavy (non-hydrogen) atoms. The summed E-state index contributed by atoms with van der Waals surface area (Å²) in [7, 11) is -5.10. The molecule has 8 heteroatoms. The van der Waals surface area contributed by atoms with E-state index in [4.69, 9.17) is 9.26 Å². The number of fused-ring (bicyclic) bond motifs is 1. The van der Waals surface area contributed by atoms with E-state index in [1.165, 1.54) is 83.5 Å². The van der Waals surface area contributed by atoms with Crippen molar-refractivity contribution in [3.05, 3.63) is 22.3 Å². The van der Waals surface area contributed by atoms with Gasteiger partial charge in [-0.05, 0) is 70.1 Å². The molecular weight excluding hydrogens is 505 g/mol. The molecule has 1 aromatic carbocycles. The van der Waals surface area contributed by atoms with Gasteiger partial charge in [0.25, 0.3) is 0 Å². The molecule has 0 spiro atoms. The van der Waals surface area contributed by atoms with E-state index in [0.29, 0.717) is 11.1 Å². The van der Waals surface area contributed by atoms with Gasteiger partial charge < -0.3 is 23.6 Å². The van der Waals surface area contributed by atoms with Gasteiger partial charge in [-0.25, -0.2) is 0 Å². The van der Waals surface area contributed by atoms with Crippen LogP contribution in [0.5, 0.6) is 11.5 Å². The van der Waals surface area contributed by atoms with Crippen LogP contribution in [0.3, 0.4) is 0 Å². The second kappa shape index (κ2) is 19.2. The van der Waals surface area contributed by atoms with Crippen LogP contribution in [0.2, 0.25) is 0 Å². The zero-order chi connectivity index (χ0) is 25.9. The molecule has 0 bridgehead atoms. The van der Waals surface area contributed by atoms with Crippen molar-refractivity contribution in [3.8, 4) is 11.5 Å². The van der Waals surface area contributed by atoms with Crippen LogP contribution in [0.25, 0.3) is 0 Å². The average molecular weight is 555 g/mol. The number of unbranched alkanes of at least 4 members (excludes halogenated alkanes) is 13. The Kier molecular flexibility index (Phi) is 19.7. The normalized spacial score (nSPS) is 16.8. The van der Waals surface area contributed by atoms with Gasteiger partial charge in [0.15, 0.2) is 0 Å². The van der Waals surface area contributed by atoms with Crippen LogP contribution in [0, 0.1) is 20.8 Å². The van der Waals surface area contributed by atoms with Crippen LogP contribution < -0.4 is 78.2 Å². The molecule has 0 saturated carbocycles. The van der Waals surface area contributed by atoms with Gasteiger partial charge in [-0.1, -0.05) is 90.4 Å². The fourth-order valence-corrected chi connectivity index (χ4v) is 5.90. The molecule has 0 aromatic heterocycles. The predicted molar refractivity (Wildman–Crippen MR) is 141 cm³/mol. The number of hydrogen-bond acceptors (Lipinski definition) is 5. The molecule has 0 fully saturated rings. The maximum atomic E-state index is 11.2. The first-order chi connectivity index (χ1) is 16.6. The van der Waals surface area contributed by atoms with Gasteiger partial charge in [0, 0.05) is 5.56 Å². The first kappa shape index (κ1) is 38.0. The molecule has 0 saturated heterocycles. The Balaban J connectivity index is 0.00000648. The zero-order valence-corrected chi connectivity index (χ0v) is 29.9. The van der Waals surface area contributed by atoms with Crippen molar-refractivity contribution >= 4 is 7.82 Å². The Hall–Kier alpha value is 0.970. The summed E-state index contributed by atoms with van der Waals surface area (Å²) in [6, 6.07) is 0. The monoisotopic (exact) mass is 554 g/mol. The van der Waals surface area contributed by atoms with Crippen LogP contribution in [0.15, 0.2) is 0 Å². The SMILES string of the molecule is CCCCCCCCCCCCCCCCC1(C)CCc2c(C)c(OP(=O)([O-])[O-])c(C)c(C)c2O1.[Na+].[Na+]. The molecule has 5 nitrogen and oxygen atoms in total. The molecule has 1 aliphatic rings. The summed E-state index contributed by atoms with van der Waals surface area (Å²) in [4.78, 5) is 22.4. The molecule has 1 aliphatic heterocycles. The van der Waals surface area contributed by atoms with Crippen molar-refractivity contribution in [2.45, 2.75) is 149 Å². The standard InChI is InChI=1S/C29H51O5P.2Na/c1-6-7-8-9-10-11-12-13-14-15-16-17-18-19-21-29(5)22-20-26-25(4)27(34-35(30,31)32)23(2)24(3)28(26)33-29;;/h6-22H2,1-5H3,(H2,30,31,32);;/q;2*+1/p-2. The molecule has 1 atom stereocenters. The molecule has 2 rings (SSSR count). The van der Waals surface area contributed by atoms with E-state index in [1.807, 2.05) is 13.8 Å². The van der Waals surface area contributed by atoms with Gasteiger partial charge in [-0.3, -0.25) is 0 Å². The first-order valence-electron chi connectivity index (χ1n) is 14.1. The van der Waals surface area contributed by atoms with E-state index in [-0.39, 0.29) is 70.5 Å². The van der Waals surface area contributed by atoms with Crippen molar-refractivity contribution in [2.24, 2.45) is 0 Å². The minimum atomic E-state index is -5.10. The summed E-state index contributed by atoms with van der Waals surface area (Å²) in [6.07, 6.45) is 21.7. The number of hydrogen-bond donors (Lipinski definition) is 0. The zero-order valence-electron chi connectivity index (χ0n) is 25.0. The van der Waals surface area contributed by atoms with E-state index in [0.717, 1.165) is 42.6 Å². The summed E-state index contributed by atoms with van der Waals surface area (Å²) < 4.78 is 22.6. The van der Waals surface area contributed by atoms with Gasteiger partial charge in [-0.15, -0.1) is 0 Å². The summed E-state index contributed by atoms with van der Waals surface area (Å²) >= 11 is 0. The van der Waals surface area contributed by atoms with E-state index >= 15 is 0 Å². The van der Waals surface area contributed by atoms with E-state index < -0.39 is 7.82 Å². The number of rotatable bonds is 17. The van der Waals surface area contributed by atoms with Crippen LogP contribution >= 0.6 is 7.82 Å². The van der Waals surface area contributed by atoms with Crippen molar-refractivity contribution in [3.63, 3.8) is 0 Å². The Morgan fingerprint density at radius 1 is 0.784 bits per heavy atom. The number of benzene rings is 1. The van der Waals surface area contributed by atoms with Crippen LogP contribution in [-0.4, -0.2) is 5.60 Å². The topological polar surface area (TPSA) is 81.7 Å². The van der Waals surface area contributed by atoms with Crippen molar-refractivity contribution in [1.29, 1.82) is 0 Å². The van der Waals surface area contributed by atoms with Gasteiger partial charge in [0.1, 0.15) is 24.9 Å². The number of ether oxygens (including phenoxy) is 1. The van der Waals surface area contributed by atoms with Gasteiger partial charge in [0.05, 0.1) is 0 Å². The predicted octanol–water partition coefficient (Wildman–Crippen LogP) is 1.78. The second-order valence-electron chi connectivity index (χ2n) is 10.9. The number of phosphoric acid groups is 1. The quantitative estimate of drug-likeness (QED) is 0.167. The molecule has 1 aromatic rings. The minimum Gasteiger partial charge on any atom is -0.780 e. The van der Waals surface area contributed by atoms with Gasteiger partial charge in [0.2, 0.25) is 0 Å². The van der Waals surface area contributed by atoms with Crippen LogP contribution in [-0.2, 0) is 11.0 Å². The van der Waals surface area contributed by atoms with Gasteiger partial charge in [-0.2, -0.15) is 0 Å². The maximum Gasteiger partial charge on any atom is 1.00 e. The van der Waals surface area contributed by atoms with E-state index in [2.05, 4.69) is 13.8 Å². The van der Waals surface area contributed by atoms with Crippen molar-refractivity contribution < 1.29 is 82.7 Å². The largest absolute Gasteiger partial charge is 1.00 e. The number of phosphoric ester groups is 1. The molecule has 1 heterocycles. The molecule has 202 valence electrons. The smallest absolute Gasteiger partial charge is 0.780 e. The third-order valence-electron chi connectivity index (χ3n) is 7.83. The molecule has 0 radical (unpaired) electrons.